The molecule has 0 saturated carbocycles. The van der Waals surface area contributed by atoms with Crippen LogP contribution in [0.1, 0.15) is 26.8 Å². The molecule has 1 amide bonds. The Labute approximate surface area is 114 Å². The number of nitrogens with zero attached hydrogens (tertiary/aromatic N) is 3. The molecule has 0 bridgehead atoms. The summed E-state index contributed by atoms with van der Waals surface area (Å²) in [6.07, 6.45) is 0. The Morgan fingerprint density at radius 3 is 2.58 bits per heavy atom. The van der Waals surface area contributed by atoms with Crippen molar-refractivity contribution in [3.63, 3.8) is 0 Å². The first-order valence-corrected chi connectivity index (χ1v) is 6.64. The molecule has 0 aromatic carbocycles. The second-order valence-corrected chi connectivity index (χ2v) is 5.19. The van der Waals surface area contributed by atoms with Crippen LogP contribution in [-0.4, -0.2) is 43.5 Å². The molecule has 19 heavy (non-hydrogen) atoms. The van der Waals surface area contributed by atoms with Crippen LogP contribution < -0.4 is 11.1 Å². The van der Waals surface area contributed by atoms with Crippen molar-refractivity contribution < 1.29 is 14.7 Å². The number of carbonyl (C=O) groups excluding carboxylic acids is 1. The molecular weight excluding hydrogens is 270 g/mol. The fraction of sp³-hybridized carbons (Fsp3) is 0.600. The Bertz CT molecular complexity index is 474. The van der Waals surface area contributed by atoms with Crippen LogP contribution in [-0.2, 0) is 9.59 Å². The average molecular weight is 287 g/mol. The van der Waals surface area contributed by atoms with E-state index < -0.39 is 17.9 Å². The molecule has 106 valence electrons. The summed E-state index contributed by atoms with van der Waals surface area (Å²) < 4.78 is 1.71. The van der Waals surface area contributed by atoms with Crippen LogP contribution in [0.3, 0.4) is 0 Å². The lowest BCUT2D eigenvalue weighted by Crippen LogP contribution is -2.41. The highest BCUT2D eigenvalue weighted by Crippen LogP contribution is 2.23. The molecule has 4 N–H and O–H groups in total. The lowest BCUT2D eigenvalue weighted by atomic mass is 10.3. The van der Waals surface area contributed by atoms with E-state index in [1.807, 2.05) is 13.8 Å². The van der Waals surface area contributed by atoms with E-state index in [9.17, 15) is 9.59 Å². The number of anilines is 1. The number of hydrogen-bond acceptors (Lipinski definition) is 6. The van der Waals surface area contributed by atoms with E-state index >= 15 is 0 Å². The van der Waals surface area contributed by atoms with Crippen LogP contribution in [0.4, 0.5) is 5.95 Å². The van der Waals surface area contributed by atoms with Gasteiger partial charge in [-0.3, -0.25) is 9.36 Å². The van der Waals surface area contributed by atoms with Crippen molar-refractivity contribution in [3.8, 4) is 0 Å². The minimum Gasteiger partial charge on any atom is -0.480 e. The van der Waals surface area contributed by atoms with E-state index in [2.05, 4.69) is 15.5 Å². The van der Waals surface area contributed by atoms with Crippen molar-refractivity contribution in [1.82, 2.24) is 20.1 Å². The zero-order valence-electron chi connectivity index (χ0n) is 11.0. The smallest absolute Gasteiger partial charge is 0.327 e. The highest BCUT2D eigenvalue weighted by atomic mass is 32.2. The lowest BCUT2D eigenvalue weighted by molar-refractivity contribution is -0.140. The van der Waals surface area contributed by atoms with Crippen molar-refractivity contribution in [2.75, 3.05) is 11.5 Å². The number of nitrogen functional groups attached to an aromatic ring is 1. The lowest BCUT2D eigenvalue weighted by Gasteiger charge is -2.14. The largest absolute Gasteiger partial charge is 0.480 e. The van der Waals surface area contributed by atoms with E-state index in [1.165, 1.54) is 18.7 Å². The molecule has 9 heteroatoms. The van der Waals surface area contributed by atoms with Crippen molar-refractivity contribution >= 4 is 29.6 Å². The Morgan fingerprint density at radius 2 is 2.11 bits per heavy atom. The molecule has 0 spiro atoms. The highest BCUT2D eigenvalue weighted by Gasteiger charge is 2.21. The van der Waals surface area contributed by atoms with Gasteiger partial charge in [0.2, 0.25) is 11.9 Å². The number of rotatable bonds is 6. The molecule has 1 aromatic rings. The van der Waals surface area contributed by atoms with Gasteiger partial charge in [0.05, 0.1) is 0 Å². The molecule has 0 saturated heterocycles. The van der Waals surface area contributed by atoms with Crippen LogP contribution >= 0.6 is 11.8 Å². The fourth-order valence-electron chi connectivity index (χ4n) is 1.45. The predicted molar refractivity (Wildman–Crippen MR) is 70.8 cm³/mol. The van der Waals surface area contributed by atoms with Gasteiger partial charge in [0, 0.05) is 18.7 Å². The maximum Gasteiger partial charge on any atom is 0.327 e. The maximum atomic E-state index is 11.0. The van der Waals surface area contributed by atoms with Crippen LogP contribution in [0, 0.1) is 0 Å². The second kappa shape index (κ2) is 6.41. The number of amides is 1. The van der Waals surface area contributed by atoms with Crippen LogP contribution in [0.5, 0.6) is 0 Å². The Morgan fingerprint density at radius 1 is 1.47 bits per heavy atom. The molecule has 1 unspecified atom stereocenters. The summed E-state index contributed by atoms with van der Waals surface area (Å²) in [7, 11) is 0. The highest BCUT2D eigenvalue weighted by molar-refractivity contribution is 7.99. The molecule has 1 heterocycles. The van der Waals surface area contributed by atoms with Crippen LogP contribution in [0.25, 0.3) is 0 Å². The maximum absolute atomic E-state index is 11.0. The number of carboxylic acids is 1. The molecule has 1 atom stereocenters. The summed E-state index contributed by atoms with van der Waals surface area (Å²) in [5.74, 6) is -1.05. The molecule has 0 aliphatic heterocycles. The third kappa shape index (κ3) is 4.12. The first-order chi connectivity index (χ1) is 8.82. The van der Waals surface area contributed by atoms with E-state index in [4.69, 9.17) is 10.8 Å². The molecule has 0 radical (unpaired) electrons. The first kappa shape index (κ1) is 15.3. The normalized spacial score (nSPS) is 12.4. The summed E-state index contributed by atoms with van der Waals surface area (Å²) >= 11 is 1.19. The second-order valence-electron chi connectivity index (χ2n) is 4.21. The van der Waals surface area contributed by atoms with Crippen molar-refractivity contribution in [3.05, 3.63) is 0 Å². The van der Waals surface area contributed by atoms with Gasteiger partial charge in [-0.25, -0.2) is 4.79 Å². The Kier molecular flexibility index (Phi) is 5.16. The topological polar surface area (TPSA) is 123 Å². The minimum absolute atomic E-state index is 0.0709. The van der Waals surface area contributed by atoms with E-state index in [1.54, 1.807) is 4.57 Å². The standard InChI is InChI=1S/C10H17N5O3S/c1-5(2)15-9(11)13-14-10(15)19-4-7(8(17)18)12-6(3)16/h5,7H,4H2,1-3H3,(H2,11,13)(H,12,16)(H,17,18). The number of nitrogens with one attached hydrogen (secondary N) is 1. The van der Waals surface area contributed by atoms with E-state index in [0.29, 0.717) is 5.16 Å². The van der Waals surface area contributed by atoms with Crippen LogP contribution in [0.2, 0.25) is 0 Å². The molecule has 8 nitrogen and oxygen atoms in total. The summed E-state index contributed by atoms with van der Waals surface area (Å²) in [5, 5.41) is 19.5. The number of nitrogens with two attached hydrogens (primary N) is 1. The summed E-state index contributed by atoms with van der Waals surface area (Å²) in [6.45, 7) is 5.12. The van der Waals surface area contributed by atoms with Crippen molar-refractivity contribution in [1.29, 1.82) is 0 Å². The first-order valence-electron chi connectivity index (χ1n) is 5.66. The zero-order valence-corrected chi connectivity index (χ0v) is 11.8. The number of carboxylic acid groups (broad SMARTS) is 1. The zero-order chi connectivity index (χ0) is 14.6. The number of carbonyl (C=O) groups is 2. The summed E-state index contributed by atoms with van der Waals surface area (Å²) in [6, 6.07) is -0.900. The SMILES string of the molecule is CC(=O)NC(CSc1nnc(N)n1C(C)C)C(=O)O. The monoisotopic (exact) mass is 287 g/mol. The quantitative estimate of drug-likeness (QED) is 0.635. The van der Waals surface area contributed by atoms with Gasteiger partial charge in [-0.2, -0.15) is 0 Å². The third-order valence-electron chi connectivity index (χ3n) is 2.26. The van der Waals surface area contributed by atoms with Gasteiger partial charge >= 0.3 is 5.97 Å². The molecule has 1 aromatic heterocycles. The van der Waals surface area contributed by atoms with E-state index in [0.717, 1.165) is 0 Å². The number of hydrogen-bond donors (Lipinski definition) is 3. The summed E-state index contributed by atoms with van der Waals surface area (Å²) in [5.41, 5.74) is 5.68. The molecule has 0 aliphatic rings. The number of aromatic nitrogens is 3. The Balaban J connectivity index is 2.74. The van der Waals surface area contributed by atoms with Gasteiger partial charge in [0.15, 0.2) is 5.16 Å². The minimum atomic E-state index is -1.09. The van der Waals surface area contributed by atoms with Gasteiger partial charge in [-0.1, -0.05) is 11.8 Å². The van der Waals surface area contributed by atoms with Gasteiger partial charge in [0.25, 0.3) is 0 Å². The molecule has 1 rings (SSSR count). The average Bonchev–Trinajstić information content (AvgIpc) is 2.64. The summed E-state index contributed by atoms with van der Waals surface area (Å²) in [4.78, 5) is 21.9. The van der Waals surface area contributed by atoms with Gasteiger partial charge in [-0.15, -0.1) is 10.2 Å². The van der Waals surface area contributed by atoms with E-state index in [-0.39, 0.29) is 17.7 Å². The van der Waals surface area contributed by atoms with Crippen LogP contribution in [0.15, 0.2) is 5.16 Å². The molecule has 0 aliphatic carbocycles. The number of aliphatic carboxylic acids is 1. The molecular formula is C10H17N5O3S. The predicted octanol–water partition coefficient (Wildman–Crippen LogP) is 0.123. The molecule has 0 fully saturated rings. The number of thioether (sulfide) groups is 1. The van der Waals surface area contributed by atoms with Gasteiger partial charge in [0.1, 0.15) is 6.04 Å². The van der Waals surface area contributed by atoms with Gasteiger partial charge < -0.3 is 16.2 Å². The van der Waals surface area contributed by atoms with Gasteiger partial charge in [-0.05, 0) is 13.8 Å². The third-order valence-corrected chi connectivity index (χ3v) is 3.30. The Hall–Kier alpha value is -1.77. The fourth-order valence-corrected chi connectivity index (χ4v) is 2.53. The van der Waals surface area contributed by atoms with Crippen molar-refractivity contribution in [2.45, 2.75) is 38.0 Å². The van der Waals surface area contributed by atoms with Crippen molar-refractivity contribution in [2.24, 2.45) is 0 Å².